The van der Waals surface area contributed by atoms with E-state index in [2.05, 4.69) is 4.98 Å². The van der Waals surface area contributed by atoms with Gasteiger partial charge in [0.1, 0.15) is 5.54 Å². The number of benzene rings is 2. The lowest BCUT2D eigenvalue weighted by Crippen LogP contribution is -2.36. The number of carbonyl (C=O) groups excluding carboxylic acids is 2. The minimum absolute atomic E-state index is 0.00621. The van der Waals surface area contributed by atoms with Crippen LogP contribution >= 0.6 is 11.8 Å². The first kappa shape index (κ1) is 22.5. The van der Waals surface area contributed by atoms with Crippen LogP contribution in [0.2, 0.25) is 0 Å². The average molecular weight is 487 g/mol. The van der Waals surface area contributed by atoms with Gasteiger partial charge < -0.3 is 9.80 Å². The standard InChI is InChI=1S/C24H21F3N4O2S/c1-29(2)19-5-3-4-18-15(10-13-28-20(18)19)14-30-22(33)31(21(32)23(30)11-12-23)16-6-8-17(9-7-16)34-24(25,26)27/h3-10,13H,11-12,14H2,1-2H3. The van der Waals surface area contributed by atoms with Gasteiger partial charge >= 0.3 is 11.5 Å². The lowest BCUT2D eigenvalue weighted by Gasteiger charge is -2.23. The smallest absolute Gasteiger partial charge is 0.376 e. The molecule has 2 aromatic carbocycles. The van der Waals surface area contributed by atoms with E-state index < -0.39 is 17.1 Å². The molecule has 0 unspecified atom stereocenters. The molecule has 1 aliphatic heterocycles. The molecule has 10 heteroatoms. The Labute approximate surface area is 198 Å². The molecule has 0 atom stereocenters. The van der Waals surface area contributed by atoms with E-state index in [4.69, 9.17) is 0 Å². The number of carbonyl (C=O) groups is 2. The van der Waals surface area contributed by atoms with Gasteiger partial charge in [0, 0.05) is 37.1 Å². The van der Waals surface area contributed by atoms with Crippen LogP contribution in [0.3, 0.4) is 0 Å². The Hall–Kier alpha value is -3.27. The van der Waals surface area contributed by atoms with Crippen molar-refractivity contribution >= 4 is 46.0 Å². The zero-order valence-electron chi connectivity index (χ0n) is 18.5. The van der Waals surface area contributed by atoms with Crippen molar-refractivity contribution in [1.82, 2.24) is 9.88 Å². The van der Waals surface area contributed by atoms with Gasteiger partial charge in [-0.3, -0.25) is 9.78 Å². The predicted octanol–water partition coefficient (Wildman–Crippen LogP) is 5.41. The van der Waals surface area contributed by atoms with Gasteiger partial charge in [0.05, 0.1) is 16.9 Å². The van der Waals surface area contributed by atoms with Crippen molar-refractivity contribution in [3.8, 4) is 0 Å². The SMILES string of the molecule is CN(C)c1cccc2c(CN3C(=O)N(c4ccc(SC(F)(F)F)cc4)C(=O)C34CC4)ccnc12. The molecule has 0 radical (unpaired) electrons. The van der Waals surface area contributed by atoms with Crippen LogP contribution in [0, 0.1) is 0 Å². The third-order valence-corrected chi connectivity index (χ3v) is 6.98. The lowest BCUT2D eigenvalue weighted by molar-refractivity contribution is -0.120. The first-order valence-electron chi connectivity index (χ1n) is 10.7. The molecule has 3 aromatic rings. The Morgan fingerprint density at radius 3 is 2.38 bits per heavy atom. The third kappa shape index (κ3) is 3.75. The van der Waals surface area contributed by atoms with Crippen molar-refractivity contribution in [2.75, 3.05) is 23.9 Å². The molecule has 1 saturated carbocycles. The molecule has 1 saturated heterocycles. The molecular weight excluding hydrogens is 465 g/mol. The highest BCUT2D eigenvalue weighted by atomic mass is 32.2. The van der Waals surface area contributed by atoms with E-state index in [-0.39, 0.29) is 34.8 Å². The van der Waals surface area contributed by atoms with E-state index in [0.29, 0.717) is 12.8 Å². The van der Waals surface area contributed by atoms with Crippen molar-refractivity contribution in [3.05, 3.63) is 60.3 Å². The highest BCUT2D eigenvalue weighted by molar-refractivity contribution is 8.00. The minimum atomic E-state index is -4.41. The van der Waals surface area contributed by atoms with Crippen LogP contribution in [0.5, 0.6) is 0 Å². The first-order chi connectivity index (χ1) is 16.1. The number of imide groups is 1. The van der Waals surface area contributed by atoms with E-state index in [9.17, 15) is 22.8 Å². The number of urea groups is 1. The summed E-state index contributed by atoms with van der Waals surface area (Å²) < 4.78 is 37.9. The molecule has 1 aromatic heterocycles. The van der Waals surface area contributed by atoms with E-state index in [0.717, 1.165) is 27.1 Å². The zero-order valence-corrected chi connectivity index (χ0v) is 19.3. The second-order valence-corrected chi connectivity index (χ2v) is 9.76. The van der Waals surface area contributed by atoms with Crippen molar-refractivity contribution in [3.63, 3.8) is 0 Å². The molecule has 34 heavy (non-hydrogen) atoms. The Morgan fingerprint density at radius 1 is 1.06 bits per heavy atom. The van der Waals surface area contributed by atoms with Gasteiger partial charge in [0.15, 0.2) is 0 Å². The lowest BCUT2D eigenvalue weighted by atomic mass is 10.1. The Kier molecular flexibility index (Phi) is 5.23. The van der Waals surface area contributed by atoms with Gasteiger partial charge in [-0.05, 0) is 66.6 Å². The fourth-order valence-corrected chi connectivity index (χ4v) is 4.99. The summed E-state index contributed by atoms with van der Waals surface area (Å²) in [5, 5.41) is 0.900. The van der Waals surface area contributed by atoms with Crippen LogP contribution in [0.15, 0.2) is 59.6 Å². The van der Waals surface area contributed by atoms with Crippen LogP contribution in [-0.4, -0.2) is 47.0 Å². The maximum absolute atomic E-state index is 13.4. The van der Waals surface area contributed by atoms with E-state index in [1.54, 1.807) is 11.1 Å². The summed E-state index contributed by atoms with van der Waals surface area (Å²) in [5.74, 6) is -0.332. The Bertz CT molecular complexity index is 1290. The number of hydrogen-bond acceptors (Lipinski definition) is 5. The van der Waals surface area contributed by atoms with Gasteiger partial charge in [-0.1, -0.05) is 12.1 Å². The van der Waals surface area contributed by atoms with Crippen molar-refractivity contribution < 1.29 is 22.8 Å². The number of thioether (sulfide) groups is 1. The van der Waals surface area contributed by atoms with Gasteiger partial charge in [-0.15, -0.1) is 0 Å². The number of anilines is 2. The molecule has 1 aliphatic carbocycles. The molecule has 1 spiro atoms. The summed E-state index contributed by atoms with van der Waals surface area (Å²) in [6, 6.07) is 12.5. The van der Waals surface area contributed by atoms with Gasteiger partial charge in [-0.2, -0.15) is 13.2 Å². The highest BCUT2D eigenvalue weighted by Crippen LogP contribution is 2.50. The van der Waals surface area contributed by atoms with Gasteiger partial charge in [0.25, 0.3) is 5.91 Å². The largest absolute Gasteiger partial charge is 0.446 e. The zero-order chi connectivity index (χ0) is 24.3. The van der Waals surface area contributed by atoms with Crippen LogP contribution in [-0.2, 0) is 11.3 Å². The molecule has 2 heterocycles. The first-order valence-corrected chi connectivity index (χ1v) is 11.5. The molecule has 0 N–H and O–H groups in total. The highest BCUT2D eigenvalue weighted by Gasteiger charge is 2.65. The number of rotatable bonds is 5. The van der Waals surface area contributed by atoms with E-state index >= 15 is 0 Å². The third-order valence-electron chi connectivity index (χ3n) is 6.24. The van der Waals surface area contributed by atoms with Crippen molar-refractivity contribution in [2.45, 2.75) is 35.3 Å². The van der Waals surface area contributed by atoms with Crippen LogP contribution in [0.1, 0.15) is 18.4 Å². The number of amides is 3. The number of hydrogen-bond donors (Lipinski definition) is 0. The molecule has 176 valence electrons. The maximum Gasteiger partial charge on any atom is 0.446 e. The molecule has 5 rings (SSSR count). The Morgan fingerprint density at radius 2 is 1.76 bits per heavy atom. The molecule has 6 nitrogen and oxygen atoms in total. The number of nitrogens with zero attached hydrogens (tertiary/aromatic N) is 4. The molecular formula is C24H21F3N4O2S. The summed E-state index contributed by atoms with van der Waals surface area (Å²) in [6.45, 7) is 0.235. The minimum Gasteiger partial charge on any atom is -0.376 e. The van der Waals surface area contributed by atoms with Crippen LogP contribution in [0.4, 0.5) is 29.3 Å². The molecule has 0 bridgehead atoms. The number of para-hydroxylation sites is 1. The quantitative estimate of drug-likeness (QED) is 0.356. The van der Waals surface area contributed by atoms with Crippen molar-refractivity contribution in [2.24, 2.45) is 0 Å². The summed E-state index contributed by atoms with van der Waals surface area (Å²) in [5.41, 5.74) is -2.41. The average Bonchev–Trinajstić information content (AvgIpc) is 3.55. The summed E-state index contributed by atoms with van der Waals surface area (Å²) in [7, 11) is 3.86. The number of halogens is 3. The van der Waals surface area contributed by atoms with E-state index in [1.165, 1.54) is 24.3 Å². The second kappa shape index (κ2) is 7.90. The van der Waals surface area contributed by atoms with Crippen LogP contribution < -0.4 is 9.80 Å². The summed E-state index contributed by atoms with van der Waals surface area (Å²) in [4.78, 5) is 35.9. The van der Waals surface area contributed by atoms with Crippen LogP contribution in [0.25, 0.3) is 10.9 Å². The fourth-order valence-electron chi connectivity index (χ4n) is 4.45. The van der Waals surface area contributed by atoms with Gasteiger partial charge in [0.2, 0.25) is 0 Å². The number of pyridine rings is 1. The topological polar surface area (TPSA) is 56.8 Å². The number of aromatic nitrogens is 1. The Balaban J connectivity index is 1.46. The predicted molar refractivity (Wildman–Crippen MR) is 125 cm³/mol. The molecule has 2 fully saturated rings. The second-order valence-electron chi connectivity index (χ2n) is 8.62. The molecule has 2 aliphatic rings. The fraction of sp³-hybridized carbons (Fsp3) is 0.292. The van der Waals surface area contributed by atoms with E-state index in [1.807, 2.05) is 43.3 Å². The number of fused-ring (bicyclic) bond motifs is 1. The monoisotopic (exact) mass is 486 g/mol. The summed E-state index contributed by atoms with van der Waals surface area (Å²) in [6.07, 6.45) is 2.81. The normalized spacial score (nSPS) is 17.2. The summed E-state index contributed by atoms with van der Waals surface area (Å²) >= 11 is -0.236. The van der Waals surface area contributed by atoms with Gasteiger partial charge in [-0.25, -0.2) is 9.69 Å². The number of alkyl halides is 3. The molecule has 3 amide bonds. The van der Waals surface area contributed by atoms with Crippen molar-refractivity contribution in [1.29, 1.82) is 0 Å². The maximum atomic E-state index is 13.4.